The molecule has 5 nitrogen and oxygen atoms in total. The topological polar surface area (TPSA) is 47.4 Å². The number of aromatic nitrogens is 2. The summed E-state index contributed by atoms with van der Waals surface area (Å²) in [5.41, 5.74) is 1.94. The molecule has 1 atom stereocenters. The van der Waals surface area contributed by atoms with E-state index in [4.69, 9.17) is 9.84 Å². The zero-order valence-electron chi connectivity index (χ0n) is 15.8. The standard InChI is InChI=1S/C22H22FN3O2/c1-3-21(27)25-11-5-6-17(14-25)26-13-16-10-9-15(12-19(16)24-26)22-18(23)7-4-8-20(22)28-2/h3-4,7-10,12-13,17H,1,5-6,11,14H2,2H3. The van der Waals surface area contributed by atoms with Crippen LogP contribution in [-0.4, -0.2) is 40.8 Å². The first kappa shape index (κ1) is 18.2. The molecule has 3 aromatic rings. The molecule has 28 heavy (non-hydrogen) atoms. The number of carbonyl (C=O) groups is 1. The Labute approximate surface area is 163 Å². The number of methoxy groups -OCH3 is 1. The molecule has 0 saturated carbocycles. The minimum absolute atomic E-state index is 0.0460. The largest absolute Gasteiger partial charge is 0.496 e. The van der Waals surface area contributed by atoms with E-state index in [-0.39, 0.29) is 17.8 Å². The average molecular weight is 379 g/mol. The number of ether oxygens (including phenoxy) is 1. The van der Waals surface area contributed by atoms with E-state index in [1.54, 1.807) is 12.1 Å². The van der Waals surface area contributed by atoms with Gasteiger partial charge in [0.15, 0.2) is 0 Å². The van der Waals surface area contributed by atoms with Crippen molar-refractivity contribution in [3.8, 4) is 16.9 Å². The molecule has 1 saturated heterocycles. The van der Waals surface area contributed by atoms with E-state index in [0.717, 1.165) is 35.9 Å². The average Bonchev–Trinajstić information content (AvgIpc) is 3.16. The molecule has 1 fully saturated rings. The fraction of sp³-hybridized carbons (Fsp3) is 0.273. The Morgan fingerprint density at radius 1 is 1.36 bits per heavy atom. The van der Waals surface area contributed by atoms with Gasteiger partial charge in [-0.15, -0.1) is 0 Å². The smallest absolute Gasteiger partial charge is 0.246 e. The van der Waals surface area contributed by atoms with Crippen LogP contribution < -0.4 is 4.74 Å². The first-order valence-corrected chi connectivity index (χ1v) is 9.34. The zero-order chi connectivity index (χ0) is 19.7. The summed E-state index contributed by atoms with van der Waals surface area (Å²) in [6, 6.07) is 10.6. The van der Waals surface area contributed by atoms with Crippen molar-refractivity contribution in [2.45, 2.75) is 18.9 Å². The van der Waals surface area contributed by atoms with Gasteiger partial charge in [-0.2, -0.15) is 5.10 Å². The Morgan fingerprint density at radius 3 is 3.00 bits per heavy atom. The number of piperidine rings is 1. The Bertz CT molecular complexity index is 1040. The summed E-state index contributed by atoms with van der Waals surface area (Å²) >= 11 is 0. The molecule has 4 rings (SSSR count). The summed E-state index contributed by atoms with van der Waals surface area (Å²) in [6.07, 6.45) is 5.24. The van der Waals surface area contributed by atoms with Gasteiger partial charge in [0.2, 0.25) is 5.91 Å². The van der Waals surface area contributed by atoms with Crippen LogP contribution >= 0.6 is 0 Å². The highest BCUT2D eigenvalue weighted by Crippen LogP contribution is 2.34. The van der Waals surface area contributed by atoms with Gasteiger partial charge < -0.3 is 9.64 Å². The number of likely N-dealkylation sites (tertiary alicyclic amines) is 1. The highest BCUT2D eigenvalue weighted by molar-refractivity contribution is 5.87. The molecule has 1 aromatic heterocycles. The van der Waals surface area contributed by atoms with Gasteiger partial charge in [-0.25, -0.2) is 4.39 Å². The van der Waals surface area contributed by atoms with E-state index >= 15 is 0 Å². The fourth-order valence-electron chi connectivity index (χ4n) is 3.83. The summed E-state index contributed by atoms with van der Waals surface area (Å²) in [7, 11) is 1.53. The van der Waals surface area contributed by atoms with E-state index in [1.807, 2.05) is 34.0 Å². The van der Waals surface area contributed by atoms with Crippen LogP contribution in [0.15, 0.2) is 55.3 Å². The monoisotopic (exact) mass is 379 g/mol. The maximum absolute atomic E-state index is 14.4. The first-order valence-electron chi connectivity index (χ1n) is 9.34. The molecule has 0 spiro atoms. The summed E-state index contributed by atoms with van der Waals surface area (Å²) in [5, 5.41) is 5.69. The number of amides is 1. The van der Waals surface area contributed by atoms with Gasteiger partial charge in [-0.1, -0.05) is 24.8 Å². The predicted molar refractivity (Wildman–Crippen MR) is 107 cm³/mol. The van der Waals surface area contributed by atoms with E-state index in [0.29, 0.717) is 17.9 Å². The molecule has 1 amide bonds. The van der Waals surface area contributed by atoms with Crippen molar-refractivity contribution in [1.29, 1.82) is 0 Å². The number of fused-ring (bicyclic) bond motifs is 1. The van der Waals surface area contributed by atoms with Crippen LogP contribution in [0.5, 0.6) is 5.75 Å². The van der Waals surface area contributed by atoms with Gasteiger partial charge in [-0.3, -0.25) is 9.48 Å². The summed E-state index contributed by atoms with van der Waals surface area (Å²) < 4.78 is 21.7. The number of benzene rings is 2. The van der Waals surface area contributed by atoms with Crippen molar-refractivity contribution in [2.24, 2.45) is 0 Å². The molecule has 0 N–H and O–H groups in total. The van der Waals surface area contributed by atoms with Crippen LogP contribution in [0.3, 0.4) is 0 Å². The van der Waals surface area contributed by atoms with Gasteiger partial charge in [0.05, 0.1) is 24.2 Å². The van der Waals surface area contributed by atoms with Crippen molar-refractivity contribution < 1.29 is 13.9 Å². The Balaban J connectivity index is 1.68. The summed E-state index contributed by atoms with van der Waals surface area (Å²) in [5.74, 6) is 0.115. The number of nitrogens with zero attached hydrogens (tertiary/aromatic N) is 3. The van der Waals surface area contributed by atoms with Crippen molar-refractivity contribution in [3.63, 3.8) is 0 Å². The zero-order valence-corrected chi connectivity index (χ0v) is 15.8. The van der Waals surface area contributed by atoms with Gasteiger partial charge >= 0.3 is 0 Å². The molecule has 0 bridgehead atoms. The summed E-state index contributed by atoms with van der Waals surface area (Å²) in [6.45, 7) is 4.94. The third-order valence-electron chi connectivity index (χ3n) is 5.27. The van der Waals surface area contributed by atoms with Crippen molar-refractivity contribution >= 4 is 16.8 Å². The second-order valence-corrected chi connectivity index (χ2v) is 6.98. The molecule has 1 aliphatic rings. The van der Waals surface area contributed by atoms with Crippen LogP contribution in [0.1, 0.15) is 18.9 Å². The molecule has 0 aliphatic carbocycles. The maximum Gasteiger partial charge on any atom is 0.246 e. The van der Waals surface area contributed by atoms with Crippen LogP contribution in [-0.2, 0) is 4.79 Å². The van der Waals surface area contributed by atoms with Crippen molar-refractivity contribution in [1.82, 2.24) is 14.7 Å². The molecular formula is C22H22FN3O2. The lowest BCUT2D eigenvalue weighted by molar-refractivity contribution is -0.127. The predicted octanol–water partition coefficient (Wildman–Crippen LogP) is 4.20. The molecule has 144 valence electrons. The molecule has 1 unspecified atom stereocenters. The fourth-order valence-corrected chi connectivity index (χ4v) is 3.83. The van der Waals surface area contributed by atoms with E-state index < -0.39 is 0 Å². The number of carbonyl (C=O) groups excluding carboxylic acids is 1. The Hall–Kier alpha value is -3.15. The lowest BCUT2D eigenvalue weighted by atomic mass is 10.0. The first-order chi connectivity index (χ1) is 13.6. The van der Waals surface area contributed by atoms with Gasteiger partial charge in [0, 0.05) is 24.7 Å². The number of hydrogen-bond acceptors (Lipinski definition) is 3. The van der Waals surface area contributed by atoms with Gasteiger partial charge in [-0.05, 0) is 42.7 Å². The van der Waals surface area contributed by atoms with E-state index in [1.165, 1.54) is 19.3 Å². The van der Waals surface area contributed by atoms with Crippen LogP contribution in [0.2, 0.25) is 0 Å². The molecule has 6 heteroatoms. The minimum Gasteiger partial charge on any atom is -0.496 e. The number of hydrogen-bond donors (Lipinski definition) is 0. The van der Waals surface area contributed by atoms with Gasteiger partial charge in [0.1, 0.15) is 11.6 Å². The highest BCUT2D eigenvalue weighted by atomic mass is 19.1. The Kier molecular flexibility index (Phi) is 4.86. The highest BCUT2D eigenvalue weighted by Gasteiger charge is 2.24. The van der Waals surface area contributed by atoms with Crippen molar-refractivity contribution in [3.05, 3.63) is 61.1 Å². The Morgan fingerprint density at radius 2 is 2.21 bits per heavy atom. The quantitative estimate of drug-likeness (QED) is 0.639. The van der Waals surface area contributed by atoms with E-state index in [9.17, 15) is 9.18 Å². The lowest BCUT2D eigenvalue weighted by Gasteiger charge is -2.32. The number of rotatable bonds is 4. The molecule has 1 aliphatic heterocycles. The third kappa shape index (κ3) is 3.26. The van der Waals surface area contributed by atoms with Crippen LogP contribution in [0, 0.1) is 5.82 Å². The normalized spacial score (nSPS) is 16.9. The molecule has 2 aromatic carbocycles. The van der Waals surface area contributed by atoms with Crippen LogP contribution in [0.4, 0.5) is 4.39 Å². The van der Waals surface area contributed by atoms with Crippen LogP contribution in [0.25, 0.3) is 22.0 Å². The number of halogens is 1. The molecular weight excluding hydrogens is 357 g/mol. The third-order valence-corrected chi connectivity index (χ3v) is 5.27. The minimum atomic E-state index is -0.330. The van der Waals surface area contributed by atoms with Gasteiger partial charge in [0.25, 0.3) is 0 Å². The van der Waals surface area contributed by atoms with E-state index in [2.05, 4.69) is 6.58 Å². The van der Waals surface area contributed by atoms with Crippen molar-refractivity contribution in [2.75, 3.05) is 20.2 Å². The SMILES string of the molecule is C=CC(=O)N1CCCC(n2cc3ccc(-c4c(F)cccc4OC)cc3n2)C1. The second kappa shape index (κ2) is 7.46. The molecule has 2 heterocycles. The lowest BCUT2D eigenvalue weighted by Crippen LogP contribution is -2.39. The maximum atomic E-state index is 14.4. The molecule has 0 radical (unpaired) electrons. The second-order valence-electron chi connectivity index (χ2n) is 6.98. The summed E-state index contributed by atoms with van der Waals surface area (Å²) in [4.78, 5) is 13.7.